The zero-order valence-electron chi connectivity index (χ0n) is 9.96. The average molecular weight is 211 g/mol. The molecular weight excluding hydrogens is 188 g/mol. The van der Waals surface area contributed by atoms with Gasteiger partial charge in [-0.2, -0.15) is 0 Å². The van der Waals surface area contributed by atoms with E-state index in [4.69, 9.17) is 0 Å². The minimum Gasteiger partial charge on any atom is -0.354 e. The molecule has 1 heterocycles. The van der Waals surface area contributed by atoms with E-state index in [1.807, 2.05) is 6.92 Å². The van der Waals surface area contributed by atoms with Crippen LogP contribution in [0.5, 0.6) is 0 Å². The van der Waals surface area contributed by atoms with Crippen LogP contribution in [0.15, 0.2) is 0 Å². The van der Waals surface area contributed by atoms with E-state index in [0.29, 0.717) is 18.4 Å². The average Bonchev–Trinajstić information content (AvgIpc) is 2.27. The van der Waals surface area contributed by atoms with Crippen LogP contribution < -0.4 is 10.6 Å². The molecule has 0 spiro atoms. The number of rotatable bonds is 5. The molecule has 1 N–H and O–H groups in total. The normalized spacial score (nSPS) is 23.5. The molecule has 2 atom stereocenters. The second-order valence-corrected chi connectivity index (χ2v) is 4.55. The van der Waals surface area contributed by atoms with Gasteiger partial charge in [0.05, 0.1) is 0 Å². The topological polar surface area (TPSA) is 43.2 Å². The van der Waals surface area contributed by atoms with E-state index < -0.39 is 0 Å². The number of hydrogen-bond donors (Lipinski definition) is 1. The van der Waals surface area contributed by atoms with Gasteiger partial charge in [0, 0.05) is 25.6 Å². The van der Waals surface area contributed by atoms with Gasteiger partial charge < -0.3 is 5.32 Å². The Morgan fingerprint density at radius 1 is 1.60 bits per heavy atom. The molecule has 0 saturated carbocycles. The lowest BCUT2D eigenvalue weighted by Gasteiger charge is -2.21. The van der Waals surface area contributed by atoms with Gasteiger partial charge in [-0.05, 0) is 38.5 Å². The van der Waals surface area contributed by atoms with Crippen molar-refractivity contribution in [2.75, 3.05) is 13.1 Å². The Hall–Kier alpha value is -0.570. The number of piperidine rings is 1. The van der Waals surface area contributed by atoms with Crippen molar-refractivity contribution in [1.29, 1.82) is 0 Å². The van der Waals surface area contributed by atoms with Crippen molar-refractivity contribution in [3.63, 3.8) is 0 Å². The van der Waals surface area contributed by atoms with E-state index >= 15 is 0 Å². The highest BCUT2D eigenvalue weighted by atomic mass is 16.1. The van der Waals surface area contributed by atoms with Gasteiger partial charge >= 0.3 is 0 Å². The van der Waals surface area contributed by atoms with Gasteiger partial charge in [0.2, 0.25) is 5.91 Å². The zero-order chi connectivity index (χ0) is 11.1. The maximum Gasteiger partial charge on any atom is 0.220 e. The van der Waals surface area contributed by atoms with Crippen molar-refractivity contribution in [2.24, 2.45) is 5.92 Å². The Balaban J connectivity index is 2.10. The number of carbonyl (C=O) groups excluding carboxylic acids is 1. The third-order valence-corrected chi connectivity index (χ3v) is 3.12. The van der Waals surface area contributed by atoms with Gasteiger partial charge in [0.1, 0.15) is 0 Å². The lowest BCUT2D eigenvalue weighted by molar-refractivity contribution is -0.122. The molecular formula is C12H23N2O. The number of nitrogens with zero attached hydrogens (tertiary/aromatic N) is 1. The molecule has 87 valence electrons. The molecule has 15 heavy (non-hydrogen) atoms. The maximum atomic E-state index is 11.5. The van der Waals surface area contributed by atoms with E-state index in [1.54, 1.807) is 0 Å². The minimum atomic E-state index is 0.204. The molecule has 0 aromatic rings. The van der Waals surface area contributed by atoms with Gasteiger partial charge in [-0.15, -0.1) is 0 Å². The fourth-order valence-corrected chi connectivity index (χ4v) is 1.88. The van der Waals surface area contributed by atoms with Crippen LogP contribution in [-0.2, 0) is 4.79 Å². The van der Waals surface area contributed by atoms with E-state index in [1.165, 1.54) is 12.8 Å². The van der Waals surface area contributed by atoms with Gasteiger partial charge in [-0.1, -0.05) is 6.92 Å². The zero-order valence-corrected chi connectivity index (χ0v) is 9.96. The summed E-state index contributed by atoms with van der Waals surface area (Å²) in [6, 6.07) is 0.313. The fourth-order valence-electron chi connectivity index (χ4n) is 1.88. The third-order valence-electron chi connectivity index (χ3n) is 3.12. The van der Waals surface area contributed by atoms with Crippen LogP contribution in [0.2, 0.25) is 0 Å². The van der Waals surface area contributed by atoms with E-state index in [-0.39, 0.29) is 5.91 Å². The predicted octanol–water partition coefficient (Wildman–Crippen LogP) is 1.70. The largest absolute Gasteiger partial charge is 0.354 e. The smallest absolute Gasteiger partial charge is 0.220 e. The molecule has 1 fully saturated rings. The fraction of sp³-hybridized carbons (Fsp3) is 0.917. The van der Waals surface area contributed by atoms with Crippen molar-refractivity contribution < 1.29 is 4.79 Å². The first kappa shape index (κ1) is 12.5. The molecule has 1 rings (SSSR count). The lowest BCUT2D eigenvalue weighted by atomic mass is 9.94. The number of nitrogens with one attached hydrogen (secondary N) is 1. The van der Waals surface area contributed by atoms with Crippen molar-refractivity contribution in [2.45, 2.75) is 52.0 Å². The van der Waals surface area contributed by atoms with Crippen molar-refractivity contribution in [1.82, 2.24) is 10.6 Å². The molecule has 1 radical (unpaired) electrons. The molecule has 2 unspecified atom stereocenters. The van der Waals surface area contributed by atoms with Crippen LogP contribution >= 0.6 is 0 Å². The number of carbonyl (C=O) groups is 1. The summed E-state index contributed by atoms with van der Waals surface area (Å²) in [6.45, 7) is 6.13. The molecule has 1 aliphatic heterocycles. The van der Waals surface area contributed by atoms with Crippen LogP contribution in [0.3, 0.4) is 0 Å². The Morgan fingerprint density at radius 2 is 2.40 bits per heavy atom. The monoisotopic (exact) mass is 211 g/mol. The molecule has 3 nitrogen and oxygen atoms in total. The van der Waals surface area contributed by atoms with Crippen LogP contribution in [0.4, 0.5) is 0 Å². The second kappa shape index (κ2) is 6.83. The molecule has 0 aromatic carbocycles. The summed E-state index contributed by atoms with van der Waals surface area (Å²) < 4.78 is 0. The maximum absolute atomic E-state index is 11.5. The predicted molar refractivity (Wildman–Crippen MR) is 61.7 cm³/mol. The van der Waals surface area contributed by atoms with Crippen LogP contribution in [0.25, 0.3) is 0 Å². The molecule has 0 aliphatic carbocycles. The van der Waals surface area contributed by atoms with Crippen LogP contribution in [0.1, 0.15) is 46.0 Å². The Kier molecular flexibility index (Phi) is 5.69. The van der Waals surface area contributed by atoms with Gasteiger partial charge in [0.25, 0.3) is 0 Å². The highest BCUT2D eigenvalue weighted by molar-refractivity contribution is 5.76. The number of amides is 1. The Morgan fingerprint density at radius 3 is 3.00 bits per heavy atom. The first-order valence-corrected chi connectivity index (χ1v) is 6.15. The van der Waals surface area contributed by atoms with E-state index in [0.717, 1.165) is 25.9 Å². The first-order valence-electron chi connectivity index (χ1n) is 6.15. The highest BCUT2D eigenvalue weighted by Gasteiger charge is 2.15. The van der Waals surface area contributed by atoms with E-state index in [9.17, 15) is 4.79 Å². The van der Waals surface area contributed by atoms with E-state index in [2.05, 4.69) is 17.6 Å². The summed E-state index contributed by atoms with van der Waals surface area (Å²) in [4.78, 5) is 11.5. The molecule has 1 saturated heterocycles. The standard InChI is InChI=1S/C12H23N2O/c1-3-10(2)14-12(15)7-6-11-5-4-8-13-9-11/h10-11H,3-9H2,1-2H3,(H,14,15). The summed E-state index contributed by atoms with van der Waals surface area (Å²) in [5.74, 6) is 0.858. The number of hydrogen-bond acceptors (Lipinski definition) is 1. The minimum absolute atomic E-state index is 0.204. The first-order chi connectivity index (χ1) is 7.22. The summed E-state index contributed by atoms with van der Waals surface area (Å²) >= 11 is 0. The molecule has 0 bridgehead atoms. The van der Waals surface area contributed by atoms with Gasteiger partial charge in [-0.3, -0.25) is 4.79 Å². The Labute approximate surface area is 93.0 Å². The summed E-state index contributed by atoms with van der Waals surface area (Å²) in [5, 5.41) is 7.38. The lowest BCUT2D eigenvalue weighted by Crippen LogP contribution is -2.33. The summed E-state index contributed by atoms with van der Waals surface area (Å²) in [5.41, 5.74) is 0. The second-order valence-electron chi connectivity index (χ2n) is 4.55. The molecule has 0 aromatic heterocycles. The Bertz CT molecular complexity index is 188. The van der Waals surface area contributed by atoms with Crippen molar-refractivity contribution in [3.05, 3.63) is 0 Å². The molecule has 1 amide bonds. The summed E-state index contributed by atoms with van der Waals surface area (Å²) in [7, 11) is 0. The van der Waals surface area contributed by atoms with Crippen molar-refractivity contribution in [3.8, 4) is 0 Å². The molecule has 1 aliphatic rings. The van der Waals surface area contributed by atoms with Crippen LogP contribution in [0, 0.1) is 5.92 Å². The van der Waals surface area contributed by atoms with Crippen LogP contribution in [-0.4, -0.2) is 25.0 Å². The highest BCUT2D eigenvalue weighted by Crippen LogP contribution is 2.16. The van der Waals surface area contributed by atoms with Gasteiger partial charge in [-0.25, -0.2) is 5.32 Å². The third kappa shape index (κ3) is 5.17. The van der Waals surface area contributed by atoms with Gasteiger partial charge in [0.15, 0.2) is 0 Å². The van der Waals surface area contributed by atoms with Crippen molar-refractivity contribution >= 4 is 5.91 Å². The summed E-state index contributed by atoms with van der Waals surface area (Å²) in [6.07, 6.45) is 5.14. The quantitative estimate of drug-likeness (QED) is 0.739. The molecule has 3 heteroatoms. The SMILES string of the molecule is CCC(C)NC(=O)CCC1CCC[N]C1.